The van der Waals surface area contributed by atoms with Crippen LogP contribution in [-0.2, 0) is 28.3 Å². The van der Waals surface area contributed by atoms with E-state index >= 15 is 0 Å². The smallest absolute Gasteiger partial charge is 0.243 e. The van der Waals surface area contributed by atoms with E-state index in [9.17, 15) is 9.59 Å². The van der Waals surface area contributed by atoms with Gasteiger partial charge in [-0.25, -0.2) is 0 Å². The average molecular weight is 578 g/mol. The number of carbonyl (C=O) groups is 2. The summed E-state index contributed by atoms with van der Waals surface area (Å²) in [6, 6.07) is 21.9. The van der Waals surface area contributed by atoms with Crippen molar-refractivity contribution in [3.63, 3.8) is 0 Å². The summed E-state index contributed by atoms with van der Waals surface area (Å²) in [6.45, 7) is 4.85. The third kappa shape index (κ3) is 9.26. The highest BCUT2D eigenvalue weighted by atomic mass is 35.5. The lowest BCUT2D eigenvalue weighted by atomic mass is 10.0. The minimum atomic E-state index is -0.685. The zero-order valence-corrected chi connectivity index (χ0v) is 24.0. The van der Waals surface area contributed by atoms with Gasteiger partial charge in [-0.15, -0.1) is 11.8 Å². The van der Waals surface area contributed by atoms with Gasteiger partial charge in [0.1, 0.15) is 6.04 Å². The summed E-state index contributed by atoms with van der Waals surface area (Å²) in [4.78, 5) is 28.8. The Hall–Kier alpha value is -2.18. The van der Waals surface area contributed by atoms with E-state index < -0.39 is 6.04 Å². The maximum Gasteiger partial charge on any atom is 0.243 e. The van der Waals surface area contributed by atoms with Gasteiger partial charge in [-0.1, -0.05) is 103 Å². The summed E-state index contributed by atoms with van der Waals surface area (Å²) in [5, 5.41) is 4.57. The minimum absolute atomic E-state index is 0.134. The van der Waals surface area contributed by atoms with E-state index in [2.05, 4.69) is 5.32 Å². The number of hydrogen-bond donors (Lipinski definition) is 1. The fourth-order valence-corrected chi connectivity index (χ4v) is 5.13. The van der Waals surface area contributed by atoms with Gasteiger partial charge in [0.25, 0.3) is 0 Å². The fraction of sp³-hybridized carbons (Fsp3) is 0.310. The number of benzene rings is 3. The Morgan fingerprint density at radius 2 is 1.57 bits per heavy atom. The first-order chi connectivity index (χ1) is 17.7. The normalized spacial score (nSPS) is 11.8. The standard InChI is InChI=1S/C29H31Cl3N2O2S/c1-20(2)16-33-29(36)27(15-21-8-4-3-5-9-21)34(17-23-10-6-7-11-24(23)30)28(35)19-37-18-22-12-13-25(31)26(32)14-22/h3-14,20,27H,15-19H2,1-2H3,(H,33,36)/t27-/m1/s1. The summed E-state index contributed by atoms with van der Waals surface area (Å²) < 4.78 is 0. The van der Waals surface area contributed by atoms with Crippen LogP contribution in [0.15, 0.2) is 72.8 Å². The number of rotatable bonds is 12. The minimum Gasteiger partial charge on any atom is -0.354 e. The number of halogens is 3. The molecule has 37 heavy (non-hydrogen) atoms. The molecule has 0 aromatic heterocycles. The fourth-order valence-electron chi connectivity index (χ4n) is 3.76. The van der Waals surface area contributed by atoms with Gasteiger partial charge in [-0.2, -0.15) is 0 Å². The lowest BCUT2D eigenvalue weighted by molar-refractivity contribution is -0.139. The molecule has 0 aliphatic rings. The van der Waals surface area contributed by atoms with Crippen LogP contribution in [0.2, 0.25) is 15.1 Å². The molecule has 4 nitrogen and oxygen atoms in total. The van der Waals surface area contributed by atoms with E-state index in [1.54, 1.807) is 23.1 Å². The monoisotopic (exact) mass is 576 g/mol. The van der Waals surface area contributed by atoms with Gasteiger partial charge in [0.2, 0.25) is 11.8 Å². The Balaban J connectivity index is 1.85. The molecule has 8 heteroatoms. The molecule has 0 unspecified atom stereocenters. The predicted molar refractivity (Wildman–Crippen MR) is 156 cm³/mol. The van der Waals surface area contributed by atoms with Crippen LogP contribution in [0.25, 0.3) is 0 Å². The van der Waals surface area contributed by atoms with Crippen molar-refractivity contribution in [3.05, 3.63) is 105 Å². The van der Waals surface area contributed by atoms with Gasteiger partial charge in [0.05, 0.1) is 15.8 Å². The van der Waals surface area contributed by atoms with E-state index in [0.29, 0.717) is 33.8 Å². The van der Waals surface area contributed by atoms with Crippen molar-refractivity contribution in [1.82, 2.24) is 10.2 Å². The largest absolute Gasteiger partial charge is 0.354 e. The van der Waals surface area contributed by atoms with Gasteiger partial charge in [-0.3, -0.25) is 9.59 Å². The van der Waals surface area contributed by atoms with Gasteiger partial charge >= 0.3 is 0 Å². The van der Waals surface area contributed by atoms with Gasteiger partial charge in [-0.05, 0) is 40.8 Å². The number of carbonyl (C=O) groups excluding carboxylic acids is 2. The number of hydrogen-bond acceptors (Lipinski definition) is 3. The second kappa shape index (κ2) is 14.7. The first-order valence-electron chi connectivity index (χ1n) is 12.1. The Morgan fingerprint density at radius 3 is 2.24 bits per heavy atom. The molecule has 3 aromatic carbocycles. The van der Waals surface area contributed by atoms with Gasteiger partial charge < -0.3 is 10.2 Å². The third-order valence-corrected chi connectivity index (χ3v) is 7.83. The van der Waals surface area contributed by atoms with Crippen LogP contribution in [0, 0.1) is 5.92 Å². The van der Waals surface area contributed by atoms with Crippen molar-refractivity contribution in [2.45, 2.75) is 38.6 Å². The Morgan fingerprint density at radius 1 is 0.865 bits per heavy atom. The summed E-state index contributed by atoms with van der Waals surface area (Å²) in [6.07, 6.45) is 0.401. The molecule has 0 spiro atoms. The third-order valence-electron chi connectivity index (χ3n) is 5.73. The lowest BCUT2D eigenvalue weighted by Crippen LogP contribution is -2.51. The number of amides is 2. The maximum atomic E-state index is 13.7. The molecule has 196 valence electrons. The average Bonchev–Trinajstić information content (AvgIpc) is 2.88. The van der Waals surface area contributed by atoms with E-state index in [4.69, 9.17) is 34.8 Å². The van der Waals surface area contributed by atoms with Gasteiger partial charge in [0, 0.05) is 30.3 Å². The van der Waals surface area contributed by atoms with Crippen LogP contribution in [0.1, 0.15) is 30.5 Å². The van der Waals surface area contributed by atoms with Crippen LogP contribution in [-0.4, -0.2) is 35.1 Å². The first kappa shape index (κ1) is 29.4. The highest BCUT2D eigenvalue weighted by Gasteiger charge is 2.30. The van der Waals surface area contributed by atoms with Crippen LogP contribution < -0.4 is 5.32 Å². The molecule has 0 aliphatic heterocycles. The first-order valence-corrected chi connectivity index (χ1v) is 14.4. The summed E-state index contributed by atoms with van der Waals surface area (Å²) >= 11 is 20.1. The van der Waals surface area contributed by atoms with E-state index in [1.165, 1.54) is 11.8 Å². The van der Waals surface area contributed by atoms with Crippen molar-refractivity contribution in [1.29, 1.82) is 0 Å². The summed E-state index contributed by atoms with van der Waals surface area (Å²) in [5.74, 6) is 0.771. The van der Waals surface area contributed by atoms with E-state index in [0.717, 1.165) is 16.7 Å². The lowest BCUT2D eigenvalue weighted by Gasteiger charge is -2.32. The molecule has 3 aromatic rings. The van der Waals surface area contributed by atoms with Crippen molar-refractivity contribution in [3.8, 4) is 0 Å². The second-order valence-electron chi connectivity index (χ2n) is 9.20. The molecule has 0 fully saturated rings. The van der Waals surface area contributed by atoms with E-state index in [-0.39, 0.29) is 30.0 Å². The molecular weight excluding hydrogens is 547 g/mol. The predicted octanol–water partition coefficient (Wildman–Crippen LogP) is 7.29. The van der Waals surface area contributed by atoms with Crippen molar-refractivity contribution in [2.75, 3.05) is 12.3 Å². The topological polar surface area (TPSA) is 49.4 Å². The molecule has 0 saturated carbocycles. The van der Waals surface area contributed by atoms with Crippen molar-refractivity contribution < 1.29 is 9.59 Å². The SMILES string of the molecule is CC(C)CNC(=O)[C@@H](Cc1ccccc1)N(Cc1ccccc1Cl)C(=O)CSCc1ccc(Cl)c(Cl)c1. The molecule has 0 bridgehead atoms. The second-order valence-corrected chi connectivity index (χ2v) is 11.4. The molecule has 0 radical (unpaired) electrons. The number of nitrogens with one attached hydrogen (secondary N) is 1. The highest BCUT2D eigenvalue weighted by molar-refractivity contribution is 7.99. The Kier molecular flexibility index (Phi) is 11.7. The Labute approximate surface area is 238 Å². The maximum absolute atomic E-state index is 13.7. The quantitative estimate of drug-likeness (QED) is 0.246. The summed E-state index contributed by atoms with van der Waals surface area (Å²) in [7, 11) is 0. The Bertz CT molecular complexity index is 1190. The van der Waals surface area contributed by atoms with Crippen LogP contribution in [0.4, 0.5) is 0 Å². The highest BCUT2D eigenvalue weighted by Crippen LogP contribution is 2.26. The molecule has 1 atom stereocenters. The van der Waals surface area contributed by atoms with Gasteiger partial charge in [0.15, 0.2) is 0 Å². The van der Waals surface area contributed by atoms with Crippen LogP contribution in [0.3, 0.4) is 0 Å². The molecule has 1 N–H and O–H groups in total. The molecule has 3 rings (SSSR count). The number of nitrogens with zero attached hydrogens (tertiary/aromatic N) is 1. The zero-order chi connectivity index (χ0) is 26.8. The molecule has 0 heterocycles. The molecule has 2 amide bonds. The van der Waals surface area contributed by atoms with E-state index in [1.807, 2.05) is 68.4 Å². The van der Waals surface area contributed by atoms with Crippen LogP contribution in [0.5, 0.6) is 0 Å². The molecular formula is C29H31Cl3N2O2S. The zero-order valence-electron chi connectivity index (χ0n) is 20.9. The molecule has 0 saturated heterocycles. The molecule has 0 aliphatic carbocycles. The number of thioether (sulfide) groups is 1. The van der Waals surface area contributed by atoms with Crippen molar-refractivity contribution in [2.24, 2.45) is 5.92 Å². The summed E-state index contributed by atoms with van der Waals surface area (Å²) in [5.41, 5.74) is 2.75. The van der Waals surface area contributed by atoms with Crippen LogP contribution >= 0.6 is 46.6 Å². The van der Waals surface area contributed by atoms with Crippen molar-refractivity contribution >= 4 is 58.4 Å².